The van der Waals surface area contributed by atoms with Crippen LogP contribution in [0.3, 0.4) is 0 Å². The van der Waals surface area contributed by atoms with E-state index in [0.29, 0.717) is 0 Å². The minimum atomic E-state index is -0.158. The molecule has 2 N–H and O–H groups in total. The summed E-state index contributed by atoms with van der Waals surface area (Å²) in [5, 5.41) is 0. The van der Waals surface area contributed by atoms with E-state index in [1.165, 1.54) is 5.56 Å². The first-order valence-corrected chi connectivity index (χ1v) is 5.15. The van der Waals surface area contributed by atoms with Crippen molar-refractivity contribution in [1.29, 1.82) is 0 Å². The Hall–Kier alpha value is -0.410. The van der Waals surface area contributed by atoms with Crippen LogP contribution in [0.2, 0.25) is 0 Å². The van der Waals surface area contributed by atoms with Gasteiger partial charge in [-0.1, -0.05) is 13.8 Å². The topological polar surface area (TPSA) is 38.9 Å². The Balaban J connectivity index is 2.44. The number of nitrogens with zero attached hydrogens (tertiary/aromatic N) is 1. The maximum absolute atomic E-state index is 6.29. The third-order valence-electron chi connectivity index (χ3n) is 3.06. The second-order valence-corrected chi connectivity index (χ2v) is 5.24. The Labute approximate surface area is 86.7 Å². The summed E-state index contributed by atoms with van der Waals surface area (Å²) in [6.07, 6.45) is 4.64. The van der Waals surface area contributed by atoms with Crippen LogP contribution in [0.4, 0.5) is 0 Å². The molecular weight excluding hydrogens is 228 g/mol. The summed E-state index contributed by atoms with van der Waals surface area (Å²) in [5.74, 6) is 0. The summed E-state index contributed by atoms with van der Waals surface area (Å²) in [5.41, 5.74) is 7.52. The van der Waals surface area contributed by atoms with Gasteiger partial charge in [-0.05, 0) is 39.4 Å². The van der Waals surface area contributed by atoms with E-state index in [1.54, 1.807) is 12.4 Å². The van der Waals surface area contributed by atoms with E-state index in [4.69, 9.17) is 5.73 Å². The number of nitrogens with two attached hydrogens (primary N) is 1. The molecule has 0 aromatic carbocycles. The van der Waals surface area contributed by atoms with Crippen molar-refractivity contribution in [3.8, 4) is 0 Å². The highest BCUT2D eigenvalue weighted by atomic mass is 79.9. The zero-order valence-corrected chi connectivity index (χ0v) is 9.43. The van der Waals surface area contributed by atoms with Crippen molar-refractivity contribution in [2.24, 2.45) is 11.1 Å². The van der Waals surface area contributed by atoms with E-state index in [0.717, 1.165) is 10.9 Å². The Kier molecular flexibility index (Phi) is 1.79. The number of hydrogen-bond donors (Lipinski definition) is 1. The molecule has 0 spiro atoms. The average Bonchev–Trinajstić information content (AvgIpc) is 2.53. The normalized spacial score (nSPS) is 30.2. The van der Waals surface area contributed by atoms with E-state index < -0.39 is 0 Å². The molecule has 0 amide bonds. The molecular formula is C10H13BrN2. The van der Waals surface area contributed by atoms with E-state index in [2.05, 4.69) is 34.8 Å². The molecule has 1 saturated carbocycles. The summed E-state index contributed by atoms with van der Waals surface area (Å²) < 4.78 is 1.02. The standard InChI is InChI=1S/C10H13BrN2/c1-9(2)6-10(9,12)7-3-4-13-5-8(7)11/h3-5H,6,12H2,1-2H3. The quantitative estimate of drug-likeness (QED) is 0.820. The summed E-state index contributed by atoms with van der Waals surface area (Å²) in [6.45, 7) is 4.39. The van der Waals surface area contributed by atoms with Gasteiger partial charge in [-0.25, -0.2) is 0 Å². The van der Waals surface area contributed by atoms with Crippen LogP contribution in [0, 0.1) is 5.41 Å². The van der Waals surface area contributed by atoms with E-state index in [-0.39, 0.29) is 11.0 Å². The summed E-state index contributed by atoms with van der Waals surface area (Å²) >= 11 is 3.48. The molecule has 0 radical (unpaired) electrons. The SMILES string of the molecule is CC1(C)CC1(N)c1ccncc1Br. The minimum absolute atomic E-state index is 0.158. The fourth-order valence-corrected chi connectivity index (χ4v) is 2.45. The van der Waals surface area contributed by atoms with Gasteiger partial charge in [-0.2, -0.15) is 0 Å². The van der Waals surface area contributed by atoms with Gasteiger partial charge in [0.2, 0.25) is 0 Å². The van der Waals surface area contributed by atoms with E-state index in [9.17, 15) is 0 Å². The van der Waals surface area contributed by atoms with Crippen molar-refractivity contribution in [1.82, 2.24) is 4.98 Å². The Morgan fingerprint density at radius 2 is 2.15 bits per heavy atom. The van der Waals surface area contributed by atoms with Gasteiger partial charge in [0.15, 0.2) is 0 Å². The number of rotatable bonds is 1. The zero-order valence-electron chi connectivity index (χ0n) is 7.84. The Bertz CT molecular complexity index is 349. The molecule has 0 bridgehead atoms. The molecule has 2 nitrogen and oxygen atoms in total. The lowest BCUT2D eigenvalue weighted by Crippen LogP contribution is -2.25. The molecule has 1 aliphatic carbocycles. The summed E-state index contributed by atoms with van der Waals surface area (Å²) in [4.78, 5) is 4.03. The van der Waals surface area contributed by atoms with Gasteiger partial charge in [0.05, 0.1) is 0 Å². The van der Waals surface area contributed by atoms with Crippen LogP contribution in [0.25, 0.3) is 0 Å². The van der Waals surface area contributed by atoms with Gasteiger partial charge in [0.1, 0.15) is 0 Å². The molecule has 0 aliphatic heterocycles. The van der Waals surface area contributed by atoms with Crippen LogP contribution in [0.1, 0.15) is 25.8 Å². The highest BCUT2D eigenvalue weighted by Gasteiger charge is 2.60. The van der Waals surface area contributed by atoms with Gasteiger partial charge in [0, 0.05) is 22.4 Å². The second kappa shape index (κ2) is 2.55. The zero-order chi connectivity index (χ0) is 9.69. The molecule has 0 saturated heterocycles. The van der Waals surface area contributed by atoms with Crippen molar-refractivity contribution < 1.29 is 0 Å². The summed E-state index contributed by atoms with van der Waals surface area (Å²) in [7, 11) is 0. The summed E-state index contributed by atoms with van der Waals surface area (Å²) in [6, 6.07) is 2.00. The fourth-order valence-electron chi connectivity index (χ4n) is 1.85. The average molecular weight is 241 g/mol. The van der Waals surface area contributed by atoms with E-state index >= 15 is 0 Å². The number of hydrogen-bond acceptors (Lipinski definition) is 2. The first-order valence-electron chi connectivity index (χ1n) is 4.36. The lowest BCUT2D eigenvalue weighted by atomic mass is 9.98. The van der Waals surface area contributed by atoms with Gasteiger partial charge in [-0.3, -0.25) is 4.98 Å². The Morgan fingerprint density at radius 1 is 1.54 bits per heavy atom. The van der Waals surface area contributed by atoms with Gasteiger partial charge in [-0.15, -0.1) is 0 Å². The Morgan fingerprint density at radius 3 is 2.62 bits per heavy atom. The van der Waals surface area contributed by atoms with Crippen molar-refractivity contribution in [3.05, 3.63) is 28.5 Å². The second-order valence-electron chi connectivity index (χ2n) is 4.39. The maximum Gasteiger partial charge on any atom is 0.0480 e. The van der Waals surface area contributed by atoms with Crippen LogP contribution in [0.5, 0.6) is 0 Å². The lowest BCUT2D eigenvalue weighted by Gasteiger charge is -2.16. The van der Waals surface area contributed by atoms with Gasteiger partial charge >= 0.3 is 0 Å². The molecule has 1 atom stereocenters. The van der Waals surface area contributed by atoms with Gasteiger partial charge in [0.25, 0.3) is 0 Å². The molecule has 1 fully saturated rings. The fraction of sp³-hybridized carbons (Fsp3) is 0.500. The number of aromatic nitrogens is 1. The first kappa shape index (κ1) is 9.16. The number of halogens is 1. The van der Waals surface area contributed by atoms with Crippen LogP contribution in [-0.2, 0) is 5.54 Å². The smallest absolute Gasteiger partial charge is 0.0480 e. The van der Waals surface area contributed by atoms with Crippen molar-refractivity contribution in [3.63, 3.8) is 0 Å². The monoisotopic (exact) mass is 240 g/mol. The van der Waals surface area contributed by atoms with Crippen LogP contribution in [0.15, 0.2) is 22.9 Å². The number of pyridine rings is 1. The molecule has 70 valence electrons. The predicted octanol–water partition coefficient (Wildman–Crippen LogP) is 2.43. The molecule has 1 heterocycles. The van der Waals surface area contributed by atoms with Crippen molar-refractivity contribution in [2.45, 2.75) is 25.8 Å². The molecule has 2 rings (SSSR count). The van der Waals surface area contributed by atoms with Crippen LogP contribution < -0.4 is 5.73 Å². The van der Waals surface area contributed by atoms with Crippen molar-refractivity contribution in [2.75, 3.05) is 0 Å². The molecule has 1 aliphatic rings. The molecule has 1 aromatic rings. The van der Waals surface area contributed by atoms with Crippen LogP contribution in [-0.4, -0.2) is 4.98 Å². The lowest BCUT2D eigenvalue weighted by molar-refractivity contribution is 0.508. The first-order chi connectivity index (χ1) is 5.97. The van der Waals surface area contributed by atoms with E-state index in [1.807, 2.05) is 6.07 Å². The largest absolute Gasteiger partial charge is 0.321 e. The third kappa shape index (κ3) is 1.22. The molecule has 1 unspecified atom stereocenters. The highest BCUT2D eigenvalue weighted by Crippen LogP contribution is 2.61. The minimum Gasteiger partial charge on any atom is -0.321 e. The van der Waals surface area contributed by atoms with Gasteiger partial charge < -0.3 is 5.73 Å². The maximum atomic E-state index is 6.29. The van der Waals surface area contributed by atoms with Crippen LogP contribution >= 0.6 is 15.9 Å². The molecule has 1 aromatic heterocycles. The van der Waals surface area contributed by atoms with Crippen molar-refractivity contribution >= 4 is 15.9 Å². The molecule has 3 heteroatoms. The highest BCUT2D eigenvalue weighted by molar-refractivity contribution is 9.10. The molecule has 13 heavy (non-hydrogen) atoms. The third-order valence-corrected chi connectivity index (χ3v) is 3.69. The predicted molar refractivity (Wildman–Crippen MR) is 56.2 cm³/mol.